The Hall–Kier alpha value is -2.73. The zero-order valence-electron chi connectivity index (χ0n) is 14.7. The molecule has 0 aliphatic carbocycles. The maximum atomic E-state index is 12.2. The SMILES string of the molecule is CCc1ccc(NC(=O)CN(C)C(C)c2cccc([N+](=O)[O-])c2)cc1. The zero-order chi connectivity index (χ0) is 18.4. The molecule has 1 atom stereocenters. The van der Waals surface area contributed by atoms with Gasteiger partial charge in [-0.3, -0.25) is 19.8 Å². The molecule has 0 heterocycles. The Morgan fingerprint density at radius 1 is 1.24 bits per heavy atom. The van der Waals surface area contributed by atoms with Crippen LogP contribution in [0.15, 0.2) is 48.5 Å². The minimum Gasteiger partial charge on any atom is -0.325 e. The molecule has 6 heteroatoms. The smallest absolute Gasteiger partial charge is 0.269 e. The van der Waals surface area contributed by atoms with E-state index in [0.717, 1.165) is 17.7 Å². The van der Waals surface area contributed by atoms with Crippen molar-refractivity contribution in [3.8, 4) is 0 Å². The number of carbonyl (C=O) groups excluding carboxylic acids is 1. The number of hydrogen-bond acceptors (Lipinski definition) is 4. The lowest BCUT2D eigenvalue weighted by molar-refractivity contribution is -0.384. The van der Waals surface area contributed by atoms with Crippen LogP contribution >= 0.6 is 0 Å². The molecule has 2 aromatic rings. The van der Waals surface area contributed by atoms with Crippen LogP contribution in [0.2, 0.25) is 0 Å². The quantitative estimate of drug-likeness (QED) is 0.614. The van der Waals surface area contributed by atoms with Gasteiger partial charge in [0.15, 0.2) is 0 Å². The summed E-state index contributed by atoms with van der Waals surface area (Å²) in [6.07, 6.45) is 0.956. The van der Waals surface area contributed by atoms with E-state index in [2.05, 4.69) is 12.2 Å². The van der Waals surface area contributed by atoms with E-state index < -0.39 is 4.92 Å². The first-order chi connectivity index (χ1) is 11.9. The van der Waals surface area contributed by atoms with E-state index in [1.807, 2.05) is 49.2 Å². The number of carbonyl (C=O) groups is 1. The summed E-state index contributed by atoms with van der Waals surface area (Å²) in [4.78, 5) is 24.6. The highest BCUT2D eigenvalue weighted by Gasteiger charge is 2.17. The van der Waals surface area contributed by atoms with Crippen molar-refractivity contribution in [2.45, 2.75) is 26.3 Å². The van der Waals surface area contributed by atoms with E-state index in [4.69, 9.17) is 0 Å². The molecule has 1 N–H and O–H groups in total. The first kappa shape index (κ1) is 18.6. The number of likely N-dealkylation sites (N-methyl/N-ethyl adjacent to an activating group) is 1. The second-order valence-electron chi connectivity index (χ2n) is 6.04. The number of anilines is 1. The summed E-state index contributed by atoms with van der Waals surface area (Å²) in [7, 11) is 1.82. The van der Waals surface area contributed by atoms with Crippen LogP contribution in [0.25, 0.3) is 0 Å². The molecule has 1 amide bonds. The molecular formula is C19H23N3O3. The monoisotopic (exact) mass is 341 g/mol. The highest BCUT2D eigenvalue weighted by molar-refractivity contribution is 5.92. The number of hydrogen-bond donors (Lipinski definition) is 1. The number of benzene rings is 2. The molecule has 0 spiro atoms. The van der Waals surface area contributed by atoms with Crippen molar-refractivity contribution < 1.29 is 9.72 Å². The van der Waals surface area contributed by atoms with Crippen molar-refractivity contribution in [2.24, 2.45) is 0 Å². The Labute approximate surface area is 147 Å². The van der Waals surface area contributed by atoms with Gasteiger partial charge >= 0.3 is 0 Å². The van der Waals surface area contributed by atoms with Crippen LogP contribution in [0, 0.1) is 10.1 Å². The van der Waals surface area contributed by atoms with E-state index in [0.29, 0.717) is 0 Å². The maximum Gasteiger partial charge on any atom is 0.269 e. The number of nitrogens with one attached hydrogen (secondary N) is 1. The average molecular weight is 341 g/mol. The lowest BCUT2D eigenvalue weighted by Crippen LogP contribution is -2.32. The Kier molecular flexibility index (Phi) is 6.25. The number of aryl methyl sites for hydroxylation is 1. The van der Waals surface area contributed by atoms with Gasteiger partial charge in [-0.25, -0.2) is 0 Å². The summed E-state index contributed by atoms with van der Waals surface area (Å²) in [6.45, 7) is 4.19. The summed E-state index contributed by atoms with van der Waals surface area (Å²) in [5.41, 5.74) is 2.84. The number of nitro benzene ring substituents is 1. The molecule has 132 valence electrons. The van der Waals surface area contributed by atoms with Crippen molar-refractivity contribution >= 4 is 17.3 Å². The third-order valence-electron chi connectivity index (χ3n) is 4.26. The van der Waals surface area contributed by atoms with Crippen LogP contribution in [0.4, 0.5) is 11.4 Å². The molecule has 0 radical (unpaired) electrons. The molecule has 1 unspecified atom stereocenters. The molecule has 2 aromatic carbocycles. The maximum absolute atomic E-state index is 12.2. The van der Waals surface area contributed by atoms with E-state index in [1.54, 1.807) is 12.1 Å². The number of rotatable bonds is 7. The largest absolute Gasteiger partial charge is 0.325 e. The van der Waals surface area contributed by atoms with E-state index >= 15 is 0 Å². The fourth-order valence-corrected chi connectivity index (χ4v) is 2.54. The second-order valence-corrected chi connectivity index (χ2v) is 6.04. The van der Waals surface area contributed by atoms with Crippen molar-refractivity contribution in [3.05, 3.63) is 69.8 Å². The first-order valence-corrected chi connectivity index (χ1v) is 8.24. The van der Waals surface area contributed by atoms with Gasteiger partial charge in [0.25, 0.3) is 5.69 Å². The average Bonchev–Trinajstić information content (AvgIpc) is 2.61. The minimum atomic E-state index is -0.414. The van der Waals surface area contributed by atoms with Crippen molar-refractivity contribution in [2.75, 3.05) is 18.9 Å². The van der Waals surface area contributed by atoms with Crippen LogP contribution in [0.5, 0.6) is 0 Å². The number of nitro groups is 1. The summed E-state index contributed by atoms with van der Waals surface area (Å²) in [5.74, 6) is -0.121. The molecule has 0 fully saturated rings. The molecule has 0 aromatic heterocycles. The Morgan fingerprint density at radius 2 is 1.92 bits per heavy atom. The van der Waals surface area contributed by atoms with Crippen LogP contribution in [0.1, 0.15) is 31.0 Å². The van der Waals surface area contributed by atoms with Gasteiger partial charge in [-0.1, -0.05) is 31.2 Å². The Bertz CT molecular complexity index is 744. The normalized spacial score (nSPS) is 12.0. The molecule has 25 heavy (non-hydrogen) atoms. The standard InChI is InChI=1S/C19H23N3O3/c1-4-15-8-10-17(11-9-15)20-19(23)13-21(3)14(2)16-6-5-7-18(12-16)22(24)25/h5-12,14H,4,13H2,1-3H3,(H,20,23). The molecule has 0 bridgehead atoms. The molecular weight excluding hydrogens is 318 g/mol. The van der Waals surface area contributed by atoms with Crippen LogP contribution < -0.4 is 5.32 Å². The van der Waals surface area contributed by atoms with E-state index in [9.17, 15) is 14.9 Å². The third kappa shape index (κ3) is 5.12. The predicted octanol–water partition coefficient (Wildman–Crippen LogP) is 3.79. The van der Waals surface area contributed by atoms with E-state index in [1.165, 1.54) is 11.6 Å². The van der Waals surface area contributed by atoms with Crippen LogP contribution in [-0.2, 0) is 11.2 Å². The molecule has 2 rings (SSSR count). The molecule has 0 aliphatic rings. The second kappa shape index (κ2) is 8.39. The third-order valence-corrected chi connectivity index (χ3v) is 4.26. The van der Waals surface area contributed by atoms with Gasteiger partial charge in [0.1, 0.15) is 0 Å². The molecule has 6 nitrogen and oxygen atoms in total. The van der Waals surface area contributed by atoms with E-state index in [-0.39, 0.29) is 24.2 Å². The van der Waals surface area contributed by atoms with Gasteiger partial charge < -0.3 is 5.32 Å². The summed E-state index contributed by atoms with van der Waals surface area (Å²) < 4.78 is 0. The van der Waals surface area contributed by atoms with Gasteiger partial charge in [0, 0.05) is 23.9 Å². The minimum absolute atomic E-state index is 0.0539. The van der Waals surface area contributed by atoms with Crippen LogP contribution in [0.3, 0.4) is 0 Å². The lowest BCUT2D eigenvalue weighted by Gasteiger charge is -2.24. The van der Waals surface area contributed by atoms with Gasteiger partial charge in [-0.2, -0.15) is 0 Å². The fourth-order valence-electron chi connectivity index (χ4n) is 2.54. The van der Waals surface area contributed by atoms with Gasteiger partial charge in [0.05, 0.1) is 11.5 Å². The summed E-state index contributed by atoms with van der Waals surface area (Å²) in [6, 6.07) is 14.1. The number of non-ortho nitro benzene ring substituents is 1. The summed E-state index contributed by atoms with van der Waals surface area (Å²) >= 11 is 0. The fraction of sp³-hybridized carbons (Fsp3) is 0.316. The molecule has 0 saturated heterocycles. The van der Waals surface area contributed by atoms with Crippen molar-refractivity contribution in [1.82, 2.24) is 4.90 Å². The van der Waals surface area contributed by atoms with Crippen molar-refractivity contribution in [1.29, 1.82) is 0 Å². The Balaban J connectivity index is 1.97. The van der Waals surface area contributed by atoms with Gasteiger partial charge in [-0.05, 0) is 43.7 Å². The highest BCUT2D eigenvalue weighted by Crippen LogP contribution is 2.22. The first-order valence-electron chi connectivity index (χ1n) is 8.24. The Morgan fingerprint density at radius 3 is 2.52 bits per heavy atom. The van der Waals surface area contributed by atoms with Gasteiger partial charge in [0.2, 0.25) is 5.91 Å². The van der Waals surface area contributed by atoms with Crippen molar-refractivity contribution in [3.63, 3.8) is 0 Å². The van der Waals surface area contributed by atoms with Gasteiger partial charge in [-0.15, -0.1) is 0 Å². The predicted molar refractivity (Wildman–Crippen MR) is 98.6 cm³/mol. The van der Waals surface area contributed by atoms with Crippen LogP contribution in [-0.4, -0.2) is 29.3 Å². The topological polar surface area (TPSA) is 75.5 Å². The number of nitrogens with zero attached hydrogens (tertiary/aromatic N) is 2. The molecule has 0 saturated carbocycles. The number of amides is 1. The molecule has 0 aliphatic heterocycles. The highest BCUT2D eigenvalue weighted by atomic mass is 16.6. The lowest BCUT2D eigenvalue weighted by atomic mass is 10.1. The summed E-state index contributed by atoms with van der Waals surface area (Å²) in [5, 5.41) is 13.8. The zero-order valence-corrected chi connectivity index (χ0v) is 14.7.